The van der Waals surface area contributed by atoms with Gasteiger partial charge < -0.3 is 31.5 Å². The number of amides is 2. The highest BCUT2D eigenvalue weighted by atomic mass is 35.5. The van der Waals surface area contributed by atoms with Gasteiger partial charge in [-0.1, -0.05) is 43.2 Å². The molecule has 1 aromatic carbocycles. The first-order valence-corrected chi connectivity index (χ1v) is 11.4. The molecule has 0 heterocycles. The van der Waals surface area contributed by atoms with Crippen molar-refractivity contribution in [2.45, 2.75) is 64.1 Å². The quantitative estimate of drug-likeness (QED) is 0.0813. The fourth-order valence-corrected chi connectivity index (χ4v) is 2.94. The zero-order valence-electron chi connectivity index (χ0n) is 19.5. The molecule has 0 bridgehead atoms. The van der Waals surface area contributed by atoms with Crippen LogP contribution in [0.2, 0.25) is 0 Å². The summed E-state index contributed by atoms with van der Waals surface area (Å²) in [4.78, 5) is 35.4. The molecule has 1 atom stereocenters. The number of hydrogen-bond donors (Lipinski definition) is 6. The summed E-state index contributed by atoms with van der Waals surface area (Å²) in [5.41, 5.74) is 6.10. The lowest BCUT2D eigenvalue weighted by Crippen LogP contribution is -2.36. The van der Waals surface area contributed by atoms with E-state index in [1.165, 1.54) is 0 Å². The smallest absolute Gasteiger partial charge is 0.306 e. The molecule has 0 saturated carbocycles. The van der Waals surface area contributed by atoms with E-state index in [-0.39, 0.29) is 62.1 Å². The number of ether oxygens (including phenoxy) is 1. The Bertz CT molecular complexity index is 736. The fourth-order valence-electron chi connectivity index (χ4n) is 2.94. The van der Waals surface area contributed by atoms with Gasteiger partial charge in [0.15, 0.2) is 5.96 Å². The van der Waals surface area contributed by atoms with E-state index in [1.807, 2.05) is 30.3 Å². The highest BCUT2D eigenvalue weighted by Gasteiger charge is 2.12. The zero-order valence-corrected chi connectivity index (χ0v) is 20.3. The topological polar surface area (TPSA) is 167 Å². The molecule has 0 fully saturated rings. The van der Waals surface area contributed by atoms with Crippen molar-refractivity contribution in [3.8, 4) is 0 Å². The Morgan fingerprint density at radius 3 is 2.29 bits per heavy atom. The third kappa shape index (κ3) is 17.7. The number of carbonyl (C=O) groups excluding carboxylic acids is 3. The molecular formula is C23H38ClN5O5. The van der Waals surface area contributed by atoms with Crippen LogP contribution in [0, 0.1) is 5.41 Å². The molecule has 0 aliphatic rings. The molecule has 7 N–H and O–H groups in total. The van der Waals surface area contributed by atoms with Gasteiger partial charge in [-0.2, -0.15) is 0 Å². The molecule has 0 spiro atoms. The molecule has 0 radical (unpaired) electrons. The van der Waals surface area contributed by atoms with E-state index in [0.717, 1.165) is 31.2 Å². The molecular weight excluding hydrogens is 462 g/mol. The molecule has 1 unspecified atom stereocenters. The van der Waals surface area contributed by atoms with Gasteiger partial charge in [0.2, 0.25) is 11.8 Å². The first-order valence-electron chi connectivity index (χ1n) is 11.4. The molecule has 1 aromatic rings. The molecule has 11 heteroatoms. The van der Waals surface area contributed by atoms with Gasteiger partial charge in [-0.3, -0.25) is 19.8 Å². The third-order valence-electron chi connectivity index (χ3n) is 4.72. The molecule has 1 rings (SSSR count). The summed E-state index contributed by atoms with van der Waals surface area (Å²) in [6.07, 6.45) is 3.33. The molecule has 0 saturated heterocycles. The first-order chi connectivity index (χ1) is 15.9. The van der Waals surface area contributed by atoms with Gasteiger partial charge in [0.05, 0.1) is 12.5 Å². The second-order valence-electron chi connectivity index (χ2n) is 7.77. The van der Waals surface area contributed by atoms with E-state index in [4.69, 9.17) is 15.9 Å². The Hall–Kier alpha value is -2.85. The van der Waals surface area contributed by atoms with Crippen LogP contribution in [0.4, 0.5) is 0 Å². The maximum absolute atomic E-state index is 11.9. The summed E-state index contributed by atoms with van der Waals surface area (Å²) < 4.78 is 5.17. The average Bonchev–Trinajstić information content (AvgIpc) is 2.79. The van der Waals surface area contributed by atoms with Crippen LogP contribution in [-0.4, -0.2) is 54.6 Å². The minimum atomic E-state index is -0.970. The summed E-state index contributed by atoms with van der Waals surface area (Å²) in [5, 5.41) is 25.0. The largest absolute Gasteiger partial charge is 0.461 e. The highest BCUT2D eigenvalue weighted by molar-refractivity contribution is 5.85. The fraction of sp³-hybridized carbons (Fsp3) is 0.565. The van der Waals surface area contributed by atoms with Crippen LogP contribution >= 0.6 is 12.4 Å². The lowest BCUT2D eigenvalue weighted by atomic mass is 10.1. The number of hydrogen-bond acceptors (Lipinski definition) is 6. The van der Waals surface area contributed by atoms with Crippen LogP contribution < -0.4 is 21.7 Å². The second kappa shape index (κ2) is 19.6. The van der Waals surface area contributed by atoms with Gasteiger partial charge >= 0.3 is 5.97 Å². The summed E-state index contributed by atoms with van der Waals surface area (Å²) >= 11 is 0. The number of esters is 1. The van der Waals surface area contributed by atoms with E-state index in [0.29, 0.717) is 25.9 Å². The average molecular weight is 500 g/mol. The maximum atomic E-state index is 11.9. The number of aliphatic hydroxyl groups excluding tert-OH is 1. The van der Waals surface area contributed by atoms with Crippen LogP contribution in [0.5, 0.6) is 0 Å². The standard InChI is InChI=1S/C23H37N5O5.ClH/c24-23(25)27-13-7-2-1-6-11-20(30)28-16-19(29)15-21(31)26-14-8-12-22(32)33-17-18-9-4-3-5-10-18;/h3-5,9-10,19,29H,1-2,6-8,11-17H2,(H,26,31)(H,28,30)(H4,24,25,27);1H. The van der Waals surface area contributed by atoms with Crippen molar-refractivity contribution in [3.05, 3.63) is 35.9 Å². The molecule has 34 heavy (non-hydrogen) atoms. The lowest BCUT2D eigenvalue weighted by molar-refractivity contribution is -0.145. The molecule has 192 valence electrons. The summed E-state index contributed by atoms with van der Waals surface area (Å²) in [6.45, 7) is 1.19. The number of aliphatic hydroxyl groups is 1. The number of nitrogens with two attached hydrogens (primary N) is 1. The van der Waals surface area contributed by atoms with Crippen molar-refractivity contribution in [1.82, 2.24) is 16.0 Å². The number of halogens is 1. The van der Waals surface area contributed by atoms with E-state index >= 15 is 0 Å². The van der Waals surface area contributed by atoms with Gasteiger partial charge in [-0.05, 0) is 24.8 Å². The first kappa shape index (κ1) is 31.1. The van der Waals surface area contributed by atoms with E-state index in [1.54, 1.807) is 0 Å². The molecule has 2 amide bonds. The van der Waals surface area contributed by atoms with Crippen LogP contribution in [0.15, 0.2) is 30.3 Å². The van der Waals surface area contributed by atoms with Crippen molar-refractivity contribution in [2.75, 3.05) is 19.6 Å². The second-order valence-corrected chi connectivity index (χ2v) is 7.77. The Balaban J connectivity index is 0.0000109. The number of guanidine groups is 1. The number of nitrogens with one attached hydrogen (secondary N) is 4. The van der Waals surface area contributed by atoms with Gasteiger partial charge in [-0.25, -0.2) is 0 Å². The van der Waals surface area contributed by atoms with Crippen molar-refractivity contribution in [2.24, 2.45) is 5.73 Å². The van der Waals surface area contributed by atoms with Crippen LogP contribution in [0.25, 0.3) is 0 Å². The van der Waals surface area contributed by atoms with Gasteiger partial charge in [0, 0.05) is 32.5 Å². The van der Waals surface area contributed by atoms with Crippen molar-refractivity contribution < 1.29 is 24.2 Å². The van der Waals surface area contributed by atoms with Crippen molar-refractivity contribution in [1.29, 1.82) is 5.41 Å². The summed E-state index contributed by atoms with van der Waals surface area (Å²) in [7, 11) is 0. The third-order valence-corrected chi connectivity index (χ3v) is 4.72. The monoisotopic (exact) mass is 499 g/mol. The normalized spacial score (nSPS) is 11.0. The summed E-state index contributed by atoms with van der Waals surface area (Å²) in [6, 6.07) is 9.39. The SMILES string of the molecule is Cl.N=C(N)NCCCCCCC(=O)NCC(O)CC(=O)NCCCC(=O)OCc1ccccc1. The minimum Gasteiger partial charge on any atom is -0.461 e. The molecule has 10 nitrogen and oxygen atoms in total. The molecule has 0 aliphatic carbocycles. The number of unbranched alkanes of at least 4 members (excludes halogenated alkanes) is 3. The van der Waals surface area contributed by atoms with E-state index in [9.17, 15) is 19.5 Å². The molecule has 0 aromatic heterocycles. The minimum absolute atomic E-state index is 0. The maximum Gasteiger partial charge on any atom is 0.306 e. The van der Waals surface area contributed by atoms with Crippen molar-refractivity contribution in [3.63, 3.8) is 0 Å². The van der Waals surface area contributed by atoms with Crippen LogP contribution in [0.1, 0.15) is 56.9 Å². The van der Waals surface area contributed by atoms with Gasteiger partial charge in [0.1, 0.15) is 6.61 Å². The number of carbonyl (C=O) groups is 3. The Kier molecular flexibility index (Phi) is 18.0. The number of rotatable bonds is 17. The van der Waals surface area contributed by atoms with Crippen LogP contribution in [0.3, 0.4) is 0 Å². The predicted octanol–water partition coefficient (Wildman–Crippen LogP) is 1.35. The van der Waals surface area contributed by atoms with Gasteiger partial charge in [-0.15, -0.1) is 12.4 Å². The Morgan fingerprint density at radius 1 is 0.912 bits per heavy atom. The predicted molar refractivity (Wildman–Crippen MR) is 132 cm³/mol. The van der Waals surface area contributed by atoms with Crippen molar-refractivity contribution >= 4 is 36.2 Å². The Labute approximate surface area is 207 Å². The van der Waals surface area contributed by atoms with E-state index < -0.39 is 6.10 Å². The Morgan fingerprint density at radius 2 is 1.59 bits per heavy atom. The highest BCUT2D eigenvalue weighted by Crippen LogP contribution is 2.03. The van der Waals surface area contributed by atoms with E-state index in [2.05, 4.69) is 16.0 Å². The lowest BCUT2D eigenvalue weighted by Gasteiger charge is -2.12. The summed E-state index contributed by atoms with van der Waals surface area (Å²) in [5.74, 6) is -0.872. The van der Waals surface area contributed by atoms with Crippen LogP contribution in [-0.2, 0) is 25.7 Å². The van der Waals surface area contributed by atoms with Gasteiger partial charge in [0.25, 0.3) is 0 Å². The molecule has 0 aliphatic heterocycles. The number of benzene rings is 1. The zero-order chi connectivity index (χ0) is 24.3.